The van der Waals surface area contributed by atoms with Crippen LogP contribution in [0.15, 0.2) is 12.1 Å². The quantitative estimate of drug-likeness (QED) is 0.857. The summed E-state index contributed by atoms with van der Waals surface area (Å²) in [6.45, 7) is 2.06. The third kappa shape index (κ3) is 2.45. The van der Waals surface area contributed by atoms with E-state index in [4.69, 9.17) is 0 Å². The molecule has 19 heavy (non-hydrogen) atoms. The van der Waals surface area contributed by atoms with E-state index in [1.165, 1.54) is 4.90 Å². The van der Waals surface area contributed by atoms with Crippen molar-refractivity contribution in [1.29, 1.82) is 0 Å². The number of carbonyl (C=O) groups is 1. The van der Waals surface area contributed by atoms with Gasteiger partial charge in [-0.2, -0.15) is 0 Å². The smallest absolute Gasteiger partial charge is 0.257 e. The second-order valence-electron chi connectivity index (χ2n) is 4.86. The molecular weight excluding hydrogens is 259 g/mol. The average molecular weight is 273 g/mol. The zero-order valence-corrected chi connectivity index (χ0v) is 10.4. The molecule has 104 valence electrons. The Labute approximate surface area is 108 Å². The van der Waals surface area contributed by atoms with Gasteiger partial charge in [0.25, 0.3) is 5.91 Å². The maximum atomic E-state index is 13.4. The lowest BCUT2D eigenvalue weighted by molar-refractivity contribution is -0.0861. The zero-order valence-electron chi connectivity index (χ0n) is 10.4. The lowest BCUT2D eigenvalue weighted by Gasteiger charge is -2.46. The Morgan fingerprint density at radius 3 is 2.53 bits per heavy atom. The van der Waals surface area contributed by atoms with Crippen molar-refractivity contribution in [2.24, 2.45) is 0 Å². The van der Waals surface area contributed by atoms with Crippen LogP contribution in [0.1, 0.15) is 30.1 Å². The van der Waals surface area contributed by atoms with Crippen LogP contribution in [0.4, 0.5) is 13.2 Å². The molecule has 3 nitrogen and oxygen atoms in total. The standard InChI is InChI=1S/C13H14F3NO2/c1-2-5-13(19)6-17(7-13)12(18)8-3-4-9(14)11(16)10(8)15/h3-4,19H,2,5-7H2,1H3. The zero-order chi connectivity index (χ0) is 14.2. The number of β-amino-alcohol motifs (C(OH)–C–C–N with tert-alkyl or cyclic N) is 1. The van der Waals surface area contributed by atoms with Gasteiger partial charge in [-0.05, 0) is 18.6 Å². The van der Waals surface area contributed by atoms with Crippen molar-refractivity contribution >= 4 is 5.91 Å². The monoisotopic (exact) mass is 273 g/mol. The first-order valence-corrected chi connectivity index (χ1v) is 6.03. The van der Waals surface area contributed by atoms with Gasteiger partial charge in [-0.15, -0.1) is 0 Å². The van der Waals surface area contributed by atoms with Gasteiger partial charge in [0.05, 0.1) is 24.3 Å². The molecule has 6 heteroatoms. The highest BCUT2D eigenvalue weighted by atomic mass is 19.2. The molecule has 0 radical (unpaired) electrons. The van der Waals surface area contributed by atoms with Gasteiger partial charge in [-0.1, -0.05) is 13.3 Å². The van der Waals surface area contributed by atoms with Gasteiger partial charge < -0.3 is 10.0 Å². The number of amides is 1. The minimum Gasteiger partial charge on any atom is -0.386 e. The predicted molar refractivity (Wildman–Crippen MR) is 62.1 cm³/mol. The molecule has 0 saturated carbocycles. The highest BCUT2D eigenvalue weighted by molar-refractivity contribution is 5.95. The van der Waals surface area contributed by atoms with E-state index in [1.807, 2.05) is 6.92 Å². The molecule has 2 rings (SSSR count). The van der Waals surface area contributed by atoms with Crippen molar-refractivity contribution in [2.75, 3.05) is 13.1 Å². The van der Waals surface area contributed by atoms with Gasteiger partial charge in [0.15, 0.2) is 17.5 Å². The maximum Gasteiger partial charge on any atom is 0.257 e. The third-order valence-corrected chi connectivity index (χ3v) is 3.24. The van der Waals surface area contributed by atoms with Crippen LogP contribution < -0.4 is 0 Å². The second-order valence-corrected chi connectivity index (χ2v) is 4.86. The normalized spacial score (nSPS) is 17.2. The molecule has 0 spiro atoms. The number of benzene rings is 1. The van der Waals surface area contributed by atoms with E-state index >= 15 is 0 Å². The number of aliphatic hydroxyl groups is 1. The number of nitrogens with zero attached hydrogens (tertiary/aromatic N) is 1. The summed E-state index contributed by atoms with van der Waals surface area (Å²) >= 11 is 0. The molecule has 1 aromatic carbocycles. The molecule has 0 bridgehead atoms. The average Bonchev–Trinajstić information content (AvgIpc) is 2.33. The largest absolute Gasteiger partial charge is 0.386 e. The molecule has 1 N–H and O–H groups in total. The first-order chi connectivity index (χ1) is 8.88. The number of rotatable bonds is 3. The Morgan fingerprint density at radius 2 is 1.95 bits per heavy atom. The Balaban J connectivity index is 2.13. The molecule has 1 aliphatic rings. The molecule has 1 aliphatic heterocycles. The fourth-order valence-corrected chi connectivity index (χ4v) is 2.29. The summed E-state index contributed by atoms with van der Waals surface area (Å²) in [5, 5.41) is 9.92. The van der Waals surface area contributed by atoms with Crippen LogP contribution in [0, 0.1) is 17.5 Å². The lowest BCUT2D eigenvalue weighted by Crippen LogP contribution is -2.63. The second kappa shape index (κ2) is 4.85. The van der Waals surface area contributed by atoms with E-state index in [0.29, 0.717) is 12.5 Å². The number of halogens is 3. The fraction of sp³-hybridized carbons (Fsp3) is 0.462. The van der Waals surface area contributed by atoms with Crippen molar-refractivity contribution in [3.63, 3.8) is 0 Å². The predicted octanol–water partition coefficient (Wildman–Crippen LogP) is 2.09. The van der Waals surface area contributed by atoms with Crippen LogP contribution in [-0.2, 0) is 0 Å². The molecule has 0 aliphatic carbocycles. The summed E-state index contributed by atoms with van der Waals surface area (Å²) in [7, 11) is 0. The molecule has 1 aromatic rings. The topological polar surface area (TPSA) is 40.5 Å². The van der Waals surface area contributed by atoms with Crippen LogP contribution in [0.2, 0.25) is 0 Å². The molecule has 1 fully saturated rings. The van der Waals surface area contributed by atoms with E-state index in [1.54, 1.807) is 0 Å². The highest BCUT2D eigenvalue weighted by Gasteiger charge is 2.43. The molecular formula is C13H14F3NO2. The minimum absolute atomic E-state index is 0.0815. The van der Waals surface area contributed by atoms with Gasteiger partial charge in [-0.25, -0.2) is 13.2 Å². The summed E-state index contributed by atoms with van der Waals surface area (Å²) in [5.41, 5.74) is -1.46. The van der Waals surface area contributed by atoms with E-state index in [0.717, 1.165) is 12.5 Å². The minimum atomic E-state index is -1.66. The van der Waals surface area contributed by atoms with Gasteiger partial charge in [0.1, 0.15) is 0 Å². The van der Waals surface area contributed by atoms with Gasteiger partial charge in [-0.3, -0.25) is 4.79 Å². The first-order valence-electron chi connectivity index (χ1n) is 6.03. The molecule has 1 amide bonds. The Kier molecular flexibility index (Phi) is 3.54. The van der Waals surface area contributed by atoms with Crippen LogP contribution in [0.3, 0.4) is 0 Å². The van der Waals surface area contributed by atoms with Gasteiger partial charge in [0.2, 0.25) is 0 Å². The first kappa shape index (κ1) is 13.9. The Hall–Kier alpha value is -1.56. The van der Waals surface area contributed by atoms with Crippen molar-refractivity contribution in [2.45, 2.75) is 25.4 Å². The summed E-state index contributed by atoms with van der Waals surface area (Å²) in [4.78, 5) is 13.1. The van der Waals surface area contributed by atoms with Crippen molar-refractivity contribution in [3.05, 3.63) is 35.1 Å². The fourth-order valence-electron chi connectivity index (χ4n) is 2.29. The van der Waals surface area contributed by atoms with Crippen molar-refractivity contribution in [1.82, 2.24) is 4.90 Å². The lowest BCUT2D eigenvalue weighted by atomic mass is 9.88. The Morgan fingerprint density at radius 1 is 1.32 bits per heavy atom. The number of hydrogen-bond donors (Lipinski definition) is 1. The van der Waals surface area contributed by atoms with Crippen LogP contribution in [0.25, 0.3) is 0 Å². The van der Waals surface area contributed by atoms with Crippen molar-refractivity contribution in [3.8, 4) is 0 Å². The maximum absolute atomic E-state index is 13.4. The number of likely N-dealkylation sites (tertiary alicyclic amines) is 1. The van der Waals surface area contributed by atoms with E-state index in [2.05, 4.69) is 0 Å². The van der Waals surface area contributed by atoms with E-state index < -0.39 is 34.5 Å². The molecule has 1 saturated heterocycles. The summed E-state index contributed by atoms with van der Waals surface area (Å²) in [5.74, 6) is -5.22. The van der Waals surface area contributed by atoms with Gasteiger partial charge in [0, 0.05) is 0 Å². The third-order valence-electron chi connectivity index (χ3n) is 3.24. The van der Waals surface area contributed by atoms with E-state index in [-0.39, 0.29) is 13.1 Å². The molecule has 0 unspecified atom stereocenters. The summed E-state index contributed by atoms with van der Waals surface area (Å²) < 4.78 is 39.3. The van der Waals surface area contributed by atoms with E-state index in [9.17, 15) is 23.1 Å². The van der Waals surface area contributed by atoms with Gasteiger partial charge >= 0.3 is 0 Å². The molecule has 0 atom stereocenters. The van der Waals surface area contributed by atoms with Crippen LogP contribution >= 0.6 is 0 Å². The number of hydrogen-bond acceptors (Lipinski definition) is 2. The number of carbonyl (C=O) groups excluding carboxylic acids is 1. The molecule has 0 aromatic heterocycles. The van der Waals surface area contributed by atoms with Crippen molar-refractivity contribution < 1.29 is 23.1 Å². The highest BCUT2D eigenvalue weighted by Crippen LogP contribution is 2.28. The van der Waals surface area contributed by atoms with Crippen LogP contribution in [0.5, 0.6) is 0 Å². The summed E-state index contributed by atoms with van der Waals surface area (Å²) in [6, 6.07) is 1.62. The SMILES string of the molecule is CCCC1(O)CN(C(=O)c2ccc(F)c(F)c2F)C1. The molecule has 1 heterocycles. The van der Waals surface area contributed by atoms with Crippen LogP contribution in [-0.4, -0.2) is 34.6 Å². The summed E-state index contributed by atoms with van der Waals surface area (Å²) in [6.07, 6.45) is 1.30. The Bertz CT molecular complexity index is 513.